The predicted molar refractivity (Wildman–Crippen MR) is 199 cm³/mol. The Morgan fingerprint density at radius 2 is 1.71 bits per heavy atom. The first kappa shape index (κ1) is 36.3. The molecular formula is C42H52N4O5. The number of hydrogen-bond donors (Lipinski definition) is 3. The SMILES string of the molecule is Cc1cc(C)c(C)c(OCCc2ccc(C3=C(C(=O)N(Cc4ccccc4CCO)C4CC4)C4CN(C(=O)CCCC(N)=O)CC(C3)N4)cc2)c1. The number of carbonyl (C=O) groups excluding carboxylic acids is 3. The molecule has 2 bridgehead atoms. The van der Waals surface area contributed by atoms with Crippen molar-refractivity contribution in [1.29, 1.82) is 0 Å². The summed E-state index contributed by atoms with van der Waals surface area (Å²) in [6.45, 7) is 8.32. The first-order valence-corrected chi connectivity index (χ1v) is 18.4. The van der Waals surface area contributed by atoms with Gasteiger partial charge in [0.1, 0.15) is 5.75 Å². The van der Waals surface area contributed by atoms with Crippen molar-refractivity contribution in [2.24, 2.45) is 5.73 Å². The van der Waals surface area contributed by atoms with Crippen LogP contribution in [0, 0.1) is 20.8 Å². The van der Waals surface area contributed by atoms with E-state index in [4.69, 9.17) is 10.5 Å². The van der Waals surface area contributed by atoms with Crippen molar-refractivity contribution in [3.05, 3.63) is 105 Å². The number of benzene rings is 3. The van der Waals surface area contributed by atoms with Gasteiger partial charge in [-0.15, -0.1) is 0 Å². The number of rotatable bonds is 15. The van der Waals surface area contributed by atoms with Crippen molar-refractivity contribution < 1.29 is 24.2 Å². The van der Waals surface area contributed by atoms with Gasteiger partial charge in [-0.25, -0.2) is 0 Å². The Hall–Kier alpha value is -4.47. The highest BCUT2D eigenvalue weighted by atomic mass is 16.5. The van der Waals surface area contributed by atoms with Crippen LogP contribution in [0.1, 0.15) is 77.5 Å². The number of ether oxygens (including phenoxy) is 1. The summed E-state index contributed by atoms with van der Waals surface area (Å²) in [5.41, 5.74) is 15.0. The Labute approximate surface area is 301 Å². The molecule has 2 atom stereocenters. The third-order valence-electron chi connectivity index (χ3n) is 10.6. The summed E-state index contributed by atoms with van der Waals surface area (Å²) in [7, 11) is 0. The standard InChI is InChI=1S/C42H52N4O5/c1-27-21-28(2)29(3)38(22-27)51-20-18-30-11-13-32(14-12-30)36-23-34-25-45(40(49)10-6-9-39(43)48)26-37(44-34)41(36)42(50)46(35-15-16-35)24-33-8-5-4-7-31(33)17-19-47/h4-5,7-8,11-14,21-22,34-35,37,44,47H,6,9-10,15-20,23-26H2,1-3H3,(H2,43,48). The van der Waals surface area contributed by atoms with Gasteiger partial charge >= 0.3 is 0 Å². The lowest BCUT2D eigenvalue weighted by Gasteiger charge is -2.45. The fraction of sp³-hybridized carbons (Fsp3) is 0.452. The summed E-state index contributed by atoms with van der Waals surface area (Å²) in [5, 5.41) is 13.4. The van der Waals surface area contributed by atoms with Gasteiger partial charge in [-0.3, -0.25) is 14.4 Å². The lowest BCUT2D eigenvalue weighted by atomic mass is 9.82. The molecule has 51 heavy (non-hydrogen) atoms. The van der Waals surface area contributed by atoms with Gasteiger partial charge in [-0.05, 0) is 103 Å². The second kappa shape index (κ2) is 16.3. The fourth-order valence-corrected chi connectivity index (χ4v) is 7.61. The largest absolute Gasteiger partial charge is 0.493 e. The van der Waals surface area contributed by atoms with Gasteiger partial charge in [0, 0.05) is 63.2 Å². The van der Waals surface area contributed by atoms with E-state index in [2.05, 4.69) is 68.6 Å². The third kappa shape index (κ3) is 8.89. The molecule has 2 fully saturated rings. The molecule has 0 aromatic heterocycles. The van der Waals surface area contributed by atoms with E-state index in [1.165, 1.54) is 16.7 Å². The normalized spacial score (nSPS) is 18.5. The average molecular weight is 693 g/mol. The predicted octanol–water partition coefficient (Wildman–Crippen LogP) is 4.94. The van der Waals surface area contributed by atoms with Gasteiger partial charge in [0.2, 0.25) is 11.8 Å². The van der Waals surface area contributed by atoms with E-state index in [1.54, 1.807) is 0 Å². The molecule has 9 heteroatoms. The summed E-state index contributed by atoms with van der Waals surface area (Å²) >= 11 is 0. The number of piperazine rings is 1. The number of aryl methyl sites for hydroxylation is 2. The molecule has 0 radical (unpaired) electrons. The first-order chi connectivity index (χ1) is 24.6. The quantitative estimate of drug-likeness (QED) is 0.207. The van der Waals surface area contributed by atoms with Crippen LogP contribution in [0.5, 0.6) is 5.75 Å². The number of carbonyl (C=O) groups is 3. The molecule has 6 rings (SSSR count). The van der Waals surface area contributed by atoms with Crippen LogP contribution >= 0.6 is 0 Å². The Kier molecular flexibility index (Phi) is 11.6. The van der Waals surface area contributed by atoms with E-state index in [9.17, 15) is 19.5 Å². The Morgan fingerprint density at radius 3 is 2.41 bits per heavy atom. The minimum atomic E-state index is -0.406. The van der Waals surface area contributed by atoms with Crippen LogP contribution in [0.4, 0.5) is 0 Å². The zero-order valence-corrected chi connectivity index (χ0v) is 30.2. The maximum atomic E-state index is 14.9. The van der Waals surface area contributed by atoms with Crippen LogP contribution in [0.3, 0.4) is 0 Å². The molecule has 1 aliphatic carbocycles. The van der Waals surface area contributed by atoms with Crippen molar-refractivity contribution in [1.82, 2.24) is 15.1 Å². The fourth-order valence-electron chi connectivity index (χ4n) is 7.61. The zero-order chi connectivity index (χ0) is 36.1. The summed E-state index contributed by atoms with van der Waals surface area (Å²) in [4.78, 5) is 43.4. The molecule has 1 saturated heterocycles. The molecule has 9 nitrogen and oxygen atoms in total. The van der Waals surface area contributed by atoms with Crippen molar-refractivity contribution in [2.45, 2.75) is 96.8 Å². The number of nitrogens with two attached hydrogens (primary N) is 1. The third-order valence-corrected chi connectivity index (χ3v) is 10.6. The average Bonchev–Trinajstić information content (AvgIpc) is 3.95. The number of nitrogens with zero attached hydrogens (tertiary/aromatic N) is 2. The minimum absolute atomic E-state index is 0.00384. The number of aliphatic hydroxyl groups excluding tert-OH is 1. The minimum Gasteiger partial charge on any atom is -0.493 e. The van der Waals surface area contributed by atoms with Gasteiger partial charge < -0.3 is 30.7 Å². The van der Waals surface area contributed by atoms with Crippen LogP contribution in [0.15, 0.2) is 66.2 Å². The van der Waals surface area contributed by atoms with Crippen LogP contribution in [0.25, 0.3) is 5.57 Å². The van der Waals surface area contributed by atoms with Gasteiger partial charge in [-0.1, -0.05) is 54.6 Å². The highest BCUT2D eigenvalue weighted by Gasteiger charge is 2.43. The van der Waals surface area contributed by atoms with Crippen molar-refractivity contribution in [3.8, 4) is 5.75 Å². The molecule has 0 spiro atoms. The highest BCUT2D eigenvalue weighted by Crippen LogP contribution is 2.38. The molecule has 3 aliphatic rings. The molecule has 4 N–H and O–H groups in total. The smallest absolute Gasteiger partial charge is 0.252 e. The summed E-state index contributed by atoms with van der Waals surface area (Å²) < 4.78 is 6.20. The maximum absolute atomic E-state index is 14.9. The highest BCUT2D eigenvalue weighted by molar-refractivity contribution is 6.03. The van der Waals surface area contributed by atoms with Gasteiger partial charge in [0.15, 0.2) is 0 Å². The van der Waals surface area contributed by atoms with Crippen LogP contribution < -0.4 is 15.8 Å². The van der Waals surface area contributed by atoms with E-state index in [-0.39, 0.29) is 49.4 Å². The lowest BCUT2D eigenvalue weighted by molar-refractivity contribution is -0.134. The van der Waals surface area contributed by atoms with E-state index >= 15 is 0 Å². The number of nitrogens with one attached hydrogen (secondary N) is 1. The molecule has 1 saturated carbocycles. The van der Waals surface area contributed by atoms with Crippen molar-refractivity contribution in [3.63, 3.8) is 0 Å². The van der Waals surface area contributed by atoms with Crippen molar-refractivity contribution >= 4 is 23.3 Å². The van der Waals surface area contributed by atoms with Crippen LogP contribution in [0.2, 0.25) is 0 Å². The van der Waals surface area contributed by atoms with Gasteiger partial charge in [-0.2, -0.15) is 0 Å². The second-order valence-corrected chi connectivity index (χ2v) is 14.5. The Bertz CT molecular complexity index is 1780. The second-order valence-electron chi connectivity index (χ2n) is 14.5. The molecule has 3 amide bonds. The molecule has 2 aliphatic heterocycles. The van der Waals surface area contributed by atoms with Crippen LogP contribution in [-0.2, 0) is 33.8 Å². The van der Waals surface area contributed by atoms with Crippen LogP contribution in [-0.4, -0.2) is 77.1 Å². The number of primary amides is 1. The molecule has 2 unspecified atom stereocenters. The molecular weight excluding hydrogens is 640 g/mol. The molecule has 2 heterocycles. The Balaban J connectivity index is 1.26. The van der Waals surface area contributed by atoms with Gasteiger partial charge in [0.25, 0.3) is 5.91 Å². The Morgan fingerprint density at radius 1 is 0.961 bits per heavy atom. The summed E-state index contributed by atoms with van der Waals surface area (Å²) in [6.07, 6.45) is 4.70. The van der Waals surface area contributed by atoms with E-state index in [0.29, 0.717) is 45.5 Å². The summed E-state index contributed by atoms with van der Waals surface area (Å²) in [6, 6.07) is 20.7. The van der Waals surface area contributed by atoms with Crippen molar-refractivity contribution in [2.75, 3.05) is 26.3 Å². The first-order valence-electron chi connectivity index (χ1n) is 18.4. The zero-order valence-electron chi connectivity index (χ0n) is 30.2. The number of aliphatic hydroxyl groups is 1. The molecule has 270 valence electrons. The maximum Gasteiger partial charge on any atom is 0.252 e. The van der Waals surface area contributed by atoms with Gasteiger partial charge in [0.05, 0.1) is 12.6 Å². The lowest BCUT2D eigenvalue weighted by Crippen LogP contribution is -2.62. The van der Waals surface area contributed by atoms with E-state index in [1.807, 2.05) is 28.0 Å². The number of hydrogen-bond acceptors (Lipinski definition) is 6. The molecule has 3 aromatic carbocycles. The molecule has 3 aromatic rings. The van der Waals surface area contributed by atoms with E-state index < -0.39 is 5.91 Å². The summed E-state index contributed by atoms with van der Waals surface area (Å²) in [5.74, 6) is 0.517. The topological polar surface area (TPSA) is 125 Å². The number of amides is 3. The van der Waals surface area contributed by atoms with E-state index in [0.717, 1.165) is 58.4 Å². The number of fused-ring (bicyclic) bond motifs is 2. The monoisotopic (exact) mass is 692 g/mol.